The number of nitrogens with one attached hydrogen (secondary N) is 1. The summed E-state index contributed by atoms with van der Waals surface area (Å²) in [6.07, 6.45) is -0.0694. The van der Waals surface area contributed by atoms with E-state index < -0.39 is 9.84 Å². The first kappa shape index (κ1) is 25.7. The maximum Gasteiger partial charge on any atom is 0.221 e. The molecule has 2 aromatic carbocycles. The average Bonchev–Trinajstić information content (AvgIpc) is 3.29. The zero-order valence-electron chi connectivity index (χ0n) is 19.6. The lowest BCUT2D eigenvalue weighted by Crippen LogP contribution is -2.48. The standard InChI is InChI=1S/C24H29ClN4O4S2/c1-2-33-20-4-3-5-21-23(20)27-24(34-21)29-15-13-28(14-16-29)12-11-26-22(30)10-17-35(31,32)19-8-6-18(25)7-9-19/h3-9H,2,10-17H2,1H3,(H,26,30). The Balaban J connectivity index is 1.19. The van der Waals surface area contributed by atoms with Crippen molar-refractivity contribution >= 4 is 54.0 Å². The number of para-hydroxylation sites is 1. The highest BCUT2D eigenvalue weighted by Crippen LogP contribution is 2.34. The van der Waals surface area contributed by atoms with Gasteiger partial charge in [0.15, 0.2) is 15.0 Å². The van der Waals surface area contributed by atoms with Gasteiger partial charge in [0.05, 0.1) is 22.0 Å². The third-order valence-electron chi connectivity index (χ3n) is 5.83. The zero-order chi connectivity index (χ0) is 24.8. The number of hydrogen-bond acceptors (Lipinski definition) is 8. The van der Waals surface area contributed by atoms with Crippen molar-refractivity contribution in [1.29, 1.82) is 0 Å². The van der Waals surface area contributed by atoms with Crippen molar-refractivity contribution in [3.05, 3.63) is 47.5 Å². The van der Waals surface area contributed by atoms with Crippen molar-refractivity contribution in [1.82, 2.24) is 15.2 Å². The number of carbonyl (C=O) groups is 1. The number of aromatic nitrogens is 1. The number of amides is 1. The second-order valence-electron chi connectivity index (χ2n) is 8.23. The molecule has 1 fully saturated rings. The molecule has 35 heavy (non-hydrogen) atoms. The van der Waals surface area contributed by atoms with E-state index in [9.17, 15) is 13.2 Å². The Bertz CT molecular complexity index is 1260. The van der Waals surface area contributed by atoms with Gasteiger partial charge >= 0.3 is 0 Å². The number of rotatable bonds is 10. The van der Waals surface area contributed by atoms with Gasteiger partial charge in [-0.25, -0.2) is 13.4 Å². The van der Waals surface area contributed by atoms with Crippen LogP contribution < -0.4 is 15.0 Å². The summed E-state index contributed by atoms with van der Waals surface area (Å²) in [5, 5.41) is 4.31. The maximum absolute atomic E-state index is 12.4. The van der Waals surface area contributed by atoms with Crippen molar-refractivity contribution in [2.24, 2.45) is 0 Å². The number of halogens is 1. The first-order chi connectivity index (χ1) is 16.9. The van der Waals surface area contributed by atoms with Crippen LogP contribution in [0, 0.1) is 0 Å². The molecule has 11 heteroatoms. The number of anilines is 1. The molecule has 0 spiro atoms. The molecular formula is C24H29ClN4O4S2. The molecule has 0 saturated carbocycles. The Morgan fingerprint density at radius 2 is 1.89 bits per heavy atom. The van der Waals surface area contributed by atoms with Gasteiger partial charge in [-0.15, -0.1) is 0 Å². The highest BCUT2D eigenvalue weighted by molar-refractivity contribution is 7.91. The van der Waals surface area contributed by atoms with Crippen LogP contribution in [0.4, 0.5) is 5.13 Å². The second-order valence-corrected chi connectivity index (χ2v) is 11.8. The summed E-state index contributed by atoms with van der Waals surface area (Å²) in [7, 11) is -3.51. The van der Waals surface area contributed by atoms with Crippen molar-refractivity contribution in [2.75, 3.05) is 56.5 Å². The average molecular weight is 537 g/mol. The number of piperazine rings is 1. The fourth-order valence-electron chi connectivity index (χ4n) is 3.91. The molecule has 188 valence electrons. The van der Waals surface area contributed by atoms with E-state index in [1.807, 2.05) is 19.1 Å². The van der Waals surface area contributed by atoms with E-state index in [1.165, 1.54) is 24.3 Å². The second kappa shape index (κ2) is 11.6. The minimum Gasteiger partial charge on any atom is -0.492 e. The first-order valence-corrected chi connectivity index (χ1v) is 14.4. The summed E-state index contributed by atoms with van der Waals surface area (Å²) >= 11 is 7.49. The van der Waals surface area contributed by atoms with Gasteiger partial charge in [-0.2, -0.15) is 0 Å². The smallest absolute Gasteiger partial charge is 0.221 e. The molecule has 3 aromatic rings. The van der Waals surface area contributed by atoms with Gasteiger partial charge in [0.2, 0.25) is 5.91 Å². The maximum atomic E-state index is 12.4. The Labute approximate surface area is 214 Å². The fourth-order valence-corrected chi connectivity index (χ4v) is 6.31. The van der Waals surface area contributed by atoms with E-state index >= 15 is 0 Å². The lowest BCUT2D eigenvalue weighted by atomic mass is 10.3. The number of thiazole rings is 1. The van der Waals surface area contributed by atoms with Gasteiger partial charge in [-0.05, 0) is 43.3 Å². The first-order valence-electron chi connectivity index (χ1n) is 11.6. The van der Waals surface area contributed by atoms with E-state index in [0.29, 0.717) is 18.2 Å². The van der Waals surface area contributed by atoms with Crippen molar-refractivity contribution < 1.29 is 17.9 Å². The Morgan fingerprint density at radius 1 is 1.14 bits per heavy atom. The summed E-state index contributed by atoms with van der Waals surface area (Å²) < 4.78 is 31.6. The number of ether oxygens (including phenoxy) is 1. The summed E-state index contributed by atoms with van der Waals surface area (Å²) in [5.74, 6) is 0.329. The van der Waals surface area contributed by atoms with Gasteiger partial charge in [-0.1, -0.05) is 29.0 Å². The molecule has 1 N–H and O–H groups in total. The molecule has 8 nitrogen and oxygen atoms in total. The molecule has 0 unspecified atom stereocenters. The Hall–Kier alpha value is -2.40. The van der Waals surface area contributed by atoms with Gasteiger partial charge < -0.3 is 15.0 Å². The van der Waals surface area contributed by atoms with Gasteiger partial charge in [-0.3, -0.25) is 9.69 Å². The van der Waals surface area contributed by atoms with Crippen LogP contribution in [0.1, 0.15) is 13.3 Å². The summed E-state index contributed by atoms with van der Waals surface area (Å²) in [6, 6.07) is 12.0. The topological polar surface area (TPSA) is 91.8 Å². The van der Waals surface area contributed by atoms with Crippen LogP contribution in [-0.2, 0) is 14.6 Å². The van der Waals surface area contributed by atoms with Crippen LogP contribution in [0.2, 0.25) is 5.02 Å². The molecule has 1 aliphatic rings. The van der Waals surface area contributed by atoms with Gasteiger partial charge in [0, 0.05) is 50.7 Å². The summed E-state index contributed by atoms with van der Waals surface area (Å²) in [5.41, 5.74) is 0.914. The van der Waals surface area contributed by atoms with Crippen molar-refractivity contribution in [3.8, 4) is 5.75 Å². The number of nitrogens with zero attached hydrogens (tertiary/aromatic N) is 3. The van der Waals surface area contributed by atoms with E-state index in [-0.39, 0.29) is 23.0 Å². The lowest BCUT2D eigenvalue weighted by molar-refractivity contribution is -0.120. The van der Waals surface area contributed by atoms with E-state index in [1.54, 1.807) is 11.3 Å². The largest absolute Gasteiger partial charge is 0.492 e. The zero-order valence-corrected chi connectivity index (χ0v) is 22.0. The molecule has 1 saturated heterocycles. The van der Waals surface area contributed by atoms with Gasteiger partial charge in [0.1, 0.15) is 11.3 Å². The van der Waals surface area contributed by atoms with Gasteiger partial charge in [0.25, 0.3) is 0 Å². The predicted molar refractivity (Wildman–Crippen MR) is 141 cm³/mol. The molecule has 0 radical (unpaired) electrons. The van der Waals surface area contributed by atoms with Crippen molar-refractivity contribution in [2.45, 2.75) is 18.2 Å². The molecule has 0 atom stereocenters. The molecule has 1 aliphatic heterocycles. The Morgan fingerprint density at radius 3 is 2.60 bits per heavy atom. The molecule has 0 bridgehead atoms. The van der Waals surface area contributed by atoms with Crippen LogP contribution >= 0.6 is 22.9 Å². The third-order valence-corrected chi connectivity index (χ3v) is 8.90. The number of hydrogen-bond donors (Lipinski definition) is 1. The summed E-state index contributed by atoms with van der Waals surface area (Å²) in [4.78, 5) is 21.7. The monoisotopic (exact) mass is 536 g/mol. The predicted octanol–water partition coefficient (Wildman–Crippen LogP) is 3.45. The number of sulfone groups is 1. The minimum atomic E-state index is -3.51. The highest BCUT2D eigenvalue weighted by Gasteiger charge is 2.21. The minimum absolute atomic E-state index is 0.0694. The summed E-state index contributed by atoms with van der Waals surface area (Å²) in [6.45, 7) is 7.24. The third kappa shape index (κ3) is 6.63. The lowest BCUT2D eigenvalue weighted by Gasteiger charge is -2.34. The number of carbonyl (C=O) groups excluding carboxylic acids is 1. The quantitative estimate of drug-likeness (QED) is 0.424. The number of benzene rings is 2. The normalized spacial score (nSPS) is 14.9. The van der Waals surface area contributed by atoms with E-state index in [4.69, 9.17) is 21.3 Å². The van der Waals surface area contributed by atoms with Crippen LogP contribution in [0.5, 0.6) is 5.75 Å². The molecule has 0 aliphatic carbocycles. The van der Waals surface area contributed by atoms with Crippen LogP contribution in [0.15, 0.2) is 47.4 Å². The van der Waals surface area contributed by atoms with Crippen LogP contribution in [-0.4, -0.2) is 75.8 Å². The van der Waals surface area contributed by atoms with Crippen LogP contribution in [0.3, 0.4) is 0 Å². The molecular weight excluding hydrogens is 508 g/mol. The van der Waals surface area contributed by atoms with E-state index in [0.717, 1.165) is 53.8 Å². The Kier molecular flexibility index (Phi) is 8.48. The molecule has 2 heterocycles. The van der Waals surface area contributed by atoms with Crippen molar-refractivity contribution in [3.63, 3.8) is 0 Å². The molecule has 1 aromatic heterocycles. The highest BCUT2D eigenvalue weighted by atomic mass is 35.5. The van der Waals surface area contributed by atoms with Crippen LogP contribution in [0.25, 0.3) is 10.2 Å². The SMILES string of the molecule is CCOc1cccc2sc(N3CCN(CCNC(=O)CCS(=O)(=O)c4ccc(Cl)cc4)CC3)nc12. The fraction of sp³-hybridized carbons (Fsp3) is 0.417. The van der Waals surface area contributed by atoms with E-state index in [2.05, 4.69) is 21.2 Å². The number of fused-ring (bicyclic) bond motifs is 1. The molecule has 4 rings (SSSR count). The molecule has 1 amide bonds.